The highest BCUT2D eigenvalue weighted by atomic mass is 35.5. The number of halogens is 1. The molecule has 2 rings (SSSR count). The van der Waals surface area contributed by atoms with Gasteiger partial charge < -0.3 is 14.6 Å². The third-order valence-corrected chi connectivity index (χ3v) is 3.38. The minimum Gasteiger partial charge on any atom is -0.465 e. The molecule has 1 heterocycles. The zero-order chi connectivity index (χ0) is 15.4. The van der Waals surface area contributed by atoms with E-state index in [0.29, 0.717) is 28.9 Å². The van der Waals surface area contributed by atoms with Gasteiger partial charge in [0.05, 0.1) is 36.9 Å². The number of carbonyl (C=O) groups is 1. The minimum absolute atomic E-state index is 0.323. The molecule has 0 saturated heterocycles. The van der Waals surface area contributed by atoms with Crippen molar-refractivity contribution in [2.45, 2.75) is 26.4 Å². The van der Waals surface area contributed by atoms with Gasteiger partial charge in [-0.1, -0.05) is 11.6 Å². The number of rotatable bonds is 5. The zero-order valence-corrected chi connectivity index (χ0v) is 13.0. The normalized spacial score (nSPS) is 10.7. The lowest BCUT2D eigenvalue weighted by Gasteiger charge is -2.14. The first-order chi connectivity index (χ1) is 10.0. The van der Waals surface area contributed by atoms with Crippen LogP contribution in [0.1, 0.15) is 35.9 Å². The van der Waals surface area contributed by atoms with Gasteiger partial charge in [0.15, 0.2) is 0 Å². The molecule has 0 aliphatic carbocycles. The van der Waals surface area contributed by atoms with Gasteiger partial charge in [-0.15, -0.1) is 0 Å². The van der Waals surface area contributed by atoms with E-state index in [1.807, 2.05) is 0 Å². The third kappa shape index (κ3) is 3.55. The number of ether oxygens (including phenoxy) is 1. The summed E-state index contributed by atoms with van der Waals surface area (Å²) in [7, 11) is 1.36. The second-order valence-corrected chi connectivity index (χ2v) is 5.36. The number of esters is 1. The molecule has 2 aromatic rings. The fourth-order valence-electron chi connectivity index (χ4n) is 2.07. The smallest absolute Gasteiger partial charge is 0.339 e. The average Bonchev–Trinajstić information content (AvgIpc) is 2.93. The number of aromatic nitrogens is 2. The molecule has 1 N–H and O–H groups in total. The van der Waals surface area contributed by atoms with Crippen LogP contribution in [-0.2, 0) is 11.3 Å². The van der Waals surface area contributed by atoms with Crippen molar-refractivity contribution < 1.29 is 9.53 Å². The summed E-state index contributed by atoms with van der Waals surface area (Å²) in [6.07, 6.45) is 3.59. The Morgan fingerprint density at radius 2 is 2.24 bits per heavy atom. The van der Waals surface area contributed by atoms with Crippen LogP contribution in [0.4, 0.5) is 5.69 Å². The molecule has 0 unspecified atom stereocenters. The van der Waals surface area contributed by atoms with Gasteiger partial charge in [-0.25, -0.2) is 9.78 Å². The van der Waals surface area contributed by atoms with Crippen LogP contribution < -0.4 is 5.32 Å². The zero-order valence-electron chi connectivity index (χ0n) is 12.3. The first-order valence-electron chi connectivity index (χ1n) is 6.65. The maximum atomic E-state index is 11.8. The van der Waals surface area contributed by atoms with Gasteiger partial charge in [0, 0.05) is 17.3 Å². The maximum absolute atomic E-state index is 11.8. The van der Waals surface area contributed by atoms with E-state index >= 15 is 0 Å². The second-order valence-electron chi connectivity index (χ2n) is 4.92. The number of nitrogens with zero attached hydrogens (tertiary/aromatic N) is 2. The van der Waals surface area contributed by atoms with Crippen LogP contribution in [0.15, 0.2) is 30.7 Å². The van der Waals surface area contributed by atoms with Crippen molar-refractivity contribution in [2.24, 2.45) is 0 Å². The van der Waals surface area contributed by atoms with E-state index in [0.717, 1.165) is 5.69 Å². The topological polar surface area (TPSA) is 56.1 Å². The SMILES string of the molecule is COC(=O)c1ccc(Cl)cc1NCc1cncn1C(C)C. The van der Waals surface area contributed by atoms with Crippen molar-refractivity contribution in [2.75, 3.05) is 12.4 Å². The Hall–Kier alpha value is -2.01. The monoisotopic (exact) mass is 307 g/mol. The van der Waals surface area contributed by atoms with Crippen LogP contribution in [0.25, 0.3) is 0 Å². The van der Waals surface area contributed by atoms with E-state index in [1.54, 1.807) is 30.7 Å². The molecule has 0 amide bonds. The molecular formula is C15H18ClN3O2. The standard InChI is InChI=1S/C15H18ClN3O2/c1-10(2)19-9-17-7-12(19)8-18-14-6-11(16)4-5-13(14)15(20)21-3/h4-7,9-10,18H,8H2,1-3H3. The number of nitrogens with one attached hydrogen (secondary N) is 1. The van der Waals surface area contributed by atoms with Gasteiger partial charge >= 0.3 is 5.97 Å². The van der Waals surface area contributed by atoms with Gasteiger partial charge in [0.2, 0.25) is 0 Å². The number of carbonyl (C=O) groups excluding carboxylic acids is 1. The highest BCUT2D eigenvalue weighted by Gasteiger charge is 2.13. The predicted molar refractivity (Wildman–Crippen MR) is 82.7 cm³/mol. The summed E-state index contributed by atoms with van der Waals surface area (Å²) >= 11 is 6.00. The Balaban J connectivity index is 2.21. The van der Waals surface area contributed by atoms with Gasteiger partial charge in [0.25, 0.3) is 0 Å². The Kier molecular flexibility index (Phi) is 4.85. The summed E-state index contributed by atoms with van der Waals surface area (Å²) in [5, 5.41) is 3.78. The van der Waals surface area contributed by atoms with E-state index in [4.69, 9.17) is 16.3 Å². The Labute approximate surface area is 128 Å². The van der Waals surface area contributed by atoms with Crippen LogP contribution in [0.5, 0.6) is 0 Å². The molecule has 21 heavy (non-hydrogen) atoms. The van der Waals surface area contributed by atoms with Crippen molar-refractivity contribution in [1.29, 1.82) is 0 Å². The summed E-state index contributed by atoms with van der Waals surface area (Å²) in [5.74, 6) is -0.397. The summed E-state index contributed by atoms with van der Waals surface area (Å²) < 4.78 is 6.84. The summed E-state index contributed by atoms with van der Waals surface area (Å²) in [4.78, 5) is 15.9. The van der Waals surface area contributed by atoms with Crippen LogP contribution in [0.2, 0.25) is 5.02 Å². The minimum atomic E-state index is -0.397. The largest absolute Gasteiger partial charge is 0.465 e. The van der Waals surface area contributed by atoms with E-state index in [2.05, 4.69) is 28.7 Å². The van der Waals surface area contributed by atoms with E-state index < -0.39 is 5.97 Å². The summed E-state index contributed by atoms with van der Waals surface area (Å²) in [6.45, 7) is 4.72. The number of imidazole rings is 1. The maximum Gasteiger partial charge on any atom is 0.339 e. The number of hydrogen-bond donors (Lipinski definition) is 1. The van der Waals surface area contributed by atoms with E-state index in [-0.39, 0.29) is 0 Å². The van der Waals surface area contributed by atoms with Crippen LogP contribution >= 0.6 is 11.6 Å². The number of hydrogen-bond acceptors (Lipinski definition) is 4. The van der Waals surface area contributed by atoms with Crippen molar-refractivity contribution in [3.8, 4) is 0 Å². The number of benzene rings is 1. The van der Waals surface area contributed by atoms with Crippen LogP contribution in [-0.4, -0.2) is 22.6 Å². The Bertz CT molecular complexity index is 638. The molecule has 1 aromatic carbocycles. The van der Waals surface area contributed by atoms with Gasteiger partial charge in [0.1, 0.15) is 0 Å². The lowest BCUT2D eigenvalue weighted by Crippen LogP contribution is -2.11. The first-order valence-corrected chi connectivity index (χ1v) is 7.03. The molecule has 0 saturated carbocycles. The molecule has 0 spiro atoms. The molecule has 6 heteroatoms. The molecule has 0 atom stereocenters. The summed E-state index contributed by atoms with van der Waals surface area (Å²) in [6, 6.07) is 5.35. The lowest BCUT2D eigenvalue weighted by molar-refractivity contribution is 0.0602. The second kappa shape index (κ2) is 6.63. The van der Waals surface area contributed by atoms with Crippen molar-refractivity contribution in [3.63, 3.8) is 0 Å². The Morgan fingerprint density at radius 3 is 2.90 bits per heavy atom. The average molecular weight is 308 g/mol. The van der Waals surface area contributed by atoms with Gasteiger partial charge in [-0.05, 0) is 32.0 Å². The molecule has 1 aromatic heterocycles. The molecule has 0 bridgehead atoms. The van der Waals surface area contributed by atoms with Gasteiger partial charge in [-0.2, -0.15) is 0 Å². The first kappa shape index (κ1) is 15.4. The molecule has 0 aliphatic heterocycles. The van der Waals surface area contributed by atoms with Crippen LogP contribution in [0.3, 0.4) is 0 Å². The quantitative estimate of drug-likeness (QED) is 0.859. The van der Waals surface area contributed by atoms with E-state index in [1.165, 1.54) is 7.11 Å². The van der Waals surface area contributed by atoms with Crippen LogP contribution in [0, 0.1) is 0 Å². The number of methoxy groups -OCH3 is 1. The molecular weight excluding hydrogens is 290 g/mol. The molecule has 0 radical (unpaired) electrons. The predicted octanol–water partition coefficient (Wildman–Crippen LogP) is 3.52. The number of anilines is 1. The molecule has 5 nitrogen and oxygen atoms in total. The van der Waals surface area contributed by atoms with E-state index in [9.17, 15) is 4.79 Å². The van der Waals surface area contributed by atoms with Crippen molar-refractivity contribution >= 4 is 23.3 Å². The third-order valence-electron chi connectivity index (χ3n) is 3.15. The molecule has 112 valence electrons. The fraction of sp³-hybridized carbons (Fsp3) is 0.333. The molecule has 0 fully saturated rings. The lowest BCUT2D eigenvalue weighted by atomic mass is 10.1. The highest BCUT2D eigenvalue weighted by Crippen LogP contribution is 2.23. The Morgan fingerprint density at radius 1 is 1.48 bits per heavy atom. The fourth-order valence-corrected chi connectivity index (χ4v) is 2.24. The molecule has 0 aliphatic rings. The van der Waals surface area contributed by atoms with Crippen molar-refractivity contribution in [3.05, 3.63) is 47.0 Å². The summed E-state index contributed by atoms with van der Waals surface area (Å²) in [5.41, 5.74) is 2.13. The van der Waals surface area contributed by atoms with Crippen molar-refractivity contribution in [1.82, 2.24) is 9.55 Å². The highest BCUT2D eigenvalue weighted by molar-refractivity contribution is 6.31. The van der Waals surface area contributed by atoms with Gasteiger partial charge in [-0.3, -0.25) is 0 Å².